The van der Waals surface area contributed by atoms with E-state index in [0.717, 1.165) is 38.3 Å². The first-order valence-electron chi connectivity index (χ1n) is 7.97. The lowest BCUT2D eigenvalue weighted by molar-refractivity contribution is 0.0995. The van der Waals surface area contributed by atoms with Gasteiger partial charge in [-0.3, -0.25) is 4.79 Å². The number of ether oxygens (including phenoxy) is 1. The van der Waals surface area contributed by atoms with E-state index in [4.69, 9.17) is 10.5 Å². The van der Waals surface area contributed by atoms with Gasteiger partial charge >= 0.3 is 0 Å². The monoisotopic (exact) mass is 321 g/mol. The summed E-state index contributed by atoms with van der Waals surface area (Å²) in [5.74, 6) is 0.641. The molecule has 1 saturated heterocycles. The number of methoxy groups -OCH3 is 1. The quantitative estimate of drug-likeness (QED) is 0.825. The fourth-order valence-corrected chi connectivity index (χ4v) is 3.11. The molecule has 1 unspecified atom stereocenters. The van der Waals surface area contributed by atoms with Gasteiger partial charge in [-0.25, -0.2) is 0 Å². The number of hydrogen-bond acceptors (Lipinski definition) is 6. The van der Waals surface area contributed by atoms with Gasteiger partial charge in [0.2, 0.25) is 5.88 Å². The van der Waals surface area contributed by atoms with Gasteiger partial charge in [0.15, 0.2) is 0 Å². The van der Waals surface area contributed by atoms with Gasteiger partial charge in [-0.1, -0.05) is 6.92 Å². The number of likely N-dealkylation sites (N-methyl/N-ethyl adjacent to an activating group) is 2. The summed E-state index contributed by atoms with van der Waals surface area (Å²) in [5.41, 5.74) is 6.92. The number of carbonyl (C=O) groups is 1. The molecule has 2 rings (SSSR count). The lowest BCUT2D eigenvalue weighted by atomic mass is 9.93. The summed E-state index contributed by atoms with van der Waals surface area (Å²) in [6.07, 6.45) is 0. The molecule has 3 N–H and O–H groups in total. The van der Waals surface area contributed by atoms with Gasteiger partial charge in [0.05, 0.1) is 7.11 Å². The number of nitrogens with two attached hydrogens (primary N) is 1. The van der Waals surface area contributed by atoms with Gasteiger partial charge in [0.1, 0.15) is 11.4 Å². The molecule has 0 spiro atoms. The van der Waals surface area contributed by atoms with E-state index in [-0.39, 0.29) is 11.8 Å². The van der Waals surface area contributed by atoms with Crippen LogP contribution in [-0.4, -0.2) is 74.6 Å². The summed E-state index contributed by atoms with van der Waals surface area (Å²) in [4.78, 5) is 21.0. The molecule has 1 aliphatic heterocycles. The Labute approximate surface area is 137 Å². The Morgan fingerprint density at radius 2 is 2.22 bits per heavy atom. The predicted molar refractivity (Wildman–Crippen MR) is 91.2 cm³/mol. The van der Waals surface area contributed by atoms with E-state index in [2.05, 4.69) is 34.1 Å². The molecule has 0 saturated carbocycles. The van der Waals surface area contributed by atoms with Crippen LogP contribution in [0.4, 0.5) is 5.82 Å². The van der Waals surface area contributed by atoms with Gasteiger partial charge in [-0.2, -0.15) is 4.98 Å². The van der Waals surface area contributed by atoms with Crippen LogP contribution >= 0.6 is 0 Å². The number of hydrogen-bond donors (Lipinski definition) is 2. The van der Waals surface area contributed by atoms with Crippen LogP contribution < -0.4 is 15.8 Å². The van der Waals surface area contributed by atoms with E-state index in [0.29, 0.717) is 11.4 Å². The normalized spacial score (nSPS) is 20.1. The lowest BCUT2D eigenvalue weighted by Crippen LogP contribution is -2.30. The van der Waals surface area contributed by atoms with E-state index in [1.807, 2.05) is 6.07 Å². The molecule has 2 heterocycles. The van der Waals surface area contributed by atoms with Crippen molar-refractivity contribution in [3.05, 3.63) is 17.2 Å². The van der Waals surface area contributed by atoms with Crippen molar-refractivity contribution in [3.63, 3.8) is 0 Å². The zero-order valence-electron chi connectivity index (χ0n) is 14.4. The van der Waals surface area contributed by atoms with Crippen molar-refractivity contribution in [1.82, 2.24) is 14.8 Å². The first kappa shape index (κ1) is 17.5. The molecule has 0 aromatic carbocycles. The number of primary amides is 1. The fraction of sp³-hybridized carbons (Fsp3) is 0.625. The summed E-state index contributed by atoms with van der Waals surface area (Å²) >= 11 is 0. The third-order valence-electron chi connectivity index (χ3n) is 4.41. The molecule has 23 heavy (non-hydrogen) atoms. The Balaban J connectivity index is 2.51. The van der Waals surface area contributed by atoms with Gasteiger partial charge in [-0.05, 0) is 25.2 Å². The standard InChI is InChI=1S/C16H27N5O2/c1-5-21-7-6-20(3)9-11(10-21)12-8-13(18-2)19-16(23-4)14(12)15(17)22/h8,11H,5-7,9-10H2,1-4H3,(H2,17,22)(H,18,19). The Hall–Kier alpha value is -1.86. The number of rotatable bonds is 5. The number of aromatic nitrogens is 1. The van der Waals surface area contributed by atoms with Crippen LogP contribution in [0.15, 0.2) is 6.07 Å². The highest BCUT2D eigenvalue weighted by Crippen LogP contribution is 2.31. The van der Waals surface area contributed by atoms with Crippen LogP contribution in [0.5, 0.6) is 5.88 Å². The molecule has 7 heteroatoms. The molecule has 1 amide bonds. The summed E-state index contributed by atoms with van der Waals surface area (Å²) in [5, 5.41) is 3.03. The van der Waals surface area contributed by atoms with Gasteiger partial charge in [0, 0.05) is 39.1 Å². The highest BCUT2D eigenvalue weighted by atomic mass is 16.5. The highest BCUT2D eigenvalue weighted by Gasteiger charge is 2.28. The maximum absolute atomic E-state index is 12.0. The minimum Gasteiger partial charge on any atom is -0.480 e. The summed E-state index contributed by atoms with van der Waals surface area (Å²) < 4.78 is 5.31. The Kier molecular flexibility index (Phi) is 5.79. The van der Waals surface area contributed by atoms with Crippen molar-refractivity contribution >= 4 is 11.7 Å². The zero-order chi connectivity index (χ0) is 17.0. The van der Waals surface area contributed by atoms with Crippen LogP contribution in [-0.2, 0) is 0 Å². The van der Waals surface area contributed by atoms with Crippen molar-refractivity contribution in [3.8, 4) is 5.88 Å². The van der Waals surface area contributed by atoms with Crippen LogP contribution in [0, 0.1) is 0 Å². The van der Waals surface area contributed by atoms with Crippen molar-refractivity contribution < 1.29 is 9.53 Å². The molecule has 1 aliphatic rings. The molecule has 0 aliphatic carbocycles. The van der Waals surface area contributed by atoms with Crippen molar-refractivity contribution in [2.75, 3.05) is 59.2 Å². The Morgan fingerprint density at radius 1 is 1.48 bits per heavy atom. The second-order valence-corrected chi connectivity index (χ2v) is 5.95. The van der Waals surface area contributed by atoms with Crippen molar-refractivity contribution in [2.24, 2.45) is 5.73 Å². The van der Waals surface area contributed by atoms with E-state index in [9.17, 15) is 4.79 Å². The molecule has 128 valence electrons. The lowest BCUT2D eigenvalue weighted by Gasteiger charge is -2.25. The first-order valence-corrected chi connectivity index (χ1v) is 7.97. The fourth-order valence-electron chi connectivity index (χ4n) is 3.11. The number of anilines is 1. The van der Waals surface area contributed by atoms with Crippen LogP contribution in [0.2, 0.25) is 0 Å². The SMILES string of the molecule is CCN1CCN(C)CC(c2cc(NC)nc(OC)c2C(N)=O)C1. The van der Waals surface area contributed by atoms with E-state index >= 15 is 0 Å². The molecular formula is C16H27N5O2. The van der Waals surface area contributed by atoms with Crippen molar-refractivity contribution in [2.45, 2.75) is 12.8 Å². The number of nitrogens with zero attached hydrogens (tertiary/aromatic N) is 3. The topological polar surface area (TPSA) is 83.7 Å². The molecule has 0 radical (unpaired) electrons. The van der Waals surface area contributed by atoms with E-state index < -0.39 is 5.91 Å². The van der Waals surface area contributed by atoms with E-state index in [1.165, 1.54) is 7.11 Å². The number of nitrogens with one attached hydrogen (secondary N) is 1. The molecule has 1 fully saturated rings. The summed E-state index contributed by atoms with van der Waals surface area (Å²) in [6, 6.07) is 1.92. The molecule has 1 aromatic rings. The average Bonchev–Trinajstić information content (AvgIpc) is 2.74. The molecule has 0 bridgehead atoms. The van der Waals surface area contributed by atoms with E-state index in [1.54, 1.807) is 7.05 Å². The number of carbonyl (C=O) groups excluding carboxylic acids is 1. The predicted octanol–water partition coefficient (Wildman–Crippen LogP) is 0.582. The third-order valence-corrected chi connectivity index (χ3v) is 4.41. The maximum Gasteiger partial charge on any atom is 0.254 e. The Bertz CT molecular complexity index is 564. The second kappa shape index (κ2) is 7.61. The smallest absolute Gasteiger partial charge is 0.254 e. The highest BCUT2D eigenvalue weighted by molar-refractivity contribution is 5.97. The number of pyridine rings is 1. The van der Waals surface area contributed by atoms with Crippen LogP contribution in [0.25, 0.3) is 0 Å². The maximum atomic E-state index is 12.0. The minimum absolute atomic E-state index is 0.175. The Morgan fingerprint density at radius 3 is 2.78 bits per heavy atom. The van der Waals surface area contributed by atoms with Crippen molar-refractivity contribution in [1.29, 1.82) is 0 Å². The van der Waals surface area contributed by atoms with Crippen LogP contribution in [0.3, 0.4) is 0 Å². The molecule has 7 nitrogen and oxygen atoms in total. The van der Waals surface area contributed by atoms with Gasteiger partial charge < -0.3 is 25.6 Å². The van der Waals surface area contributed by atoms with Gasteiger partial charge in [0.25, 0.3) is 5.91 Å². The molecule has 1 aromatic heterocycles. The minimum atomic E-state index is -0.498. The first-order chi connectivity index (χ1) is 11.0. The molecule has 1 atom stereocenters. The number of amides is 1. The largest absolute Gasteiger partial charge is 0.480 e. The average molecular weight is 321 g/mol. The van der Waals surface area contributed by atoms with Crippen LogP contribution in [0.1, 0.15) is 28.8 Å². The zero-order valence-corrected chi connectivity index (χ0v) is 14.4. The summed E-state index contributed by atoms with van der Waals surface area (Å²) in [6.45, 7) is 6.93. The molecular weight excluding hydrogens is 294 g/mol. The van der Waals surface area contributed by atoms with Gasteiger partial charge in [-0.15, -0.1) is 0 Å². The summed E-state index contributed by atoms with van der Waals surface area (Å²) in [7, 11) is 5.41. The third kappa shape index (κ3) is 3.92. The second-order valence-electron chi connectivity index (χ2n) is 5.95.